The van der Waals surface area contributed by atoms with Crippen LogP contribution in [0.4, 0.5) is 5.69 Å². The van der Waals surface area contributed by atoms with Crippen LogP contribution in [0.5, 0.6) is 0 Å². The van der Waals surface area contributed by atoms with Gasteiger partial charge in [-0.1, -0.05) is 23.2 Å². The van der Waals surface area contributed by atoms with Gasteiger partial charge in [-0.3, -0.25) is 19.4 Å². The lowest BCUT2D eigenvalue weighted by Gasteiger charge is -2.37. The number of nitrogens with one attached hydrogen (secondary N) is 2. The van der Waals surface area contributed by atoms with Crippen molar-refractivity contribution in [3.8, 4) is 0 Å². The molecule has 1 aliphatic heterocycles. The van der Waals surface area contributed by atoms with Crippen LogP contribution in [0.1, 0.15) is 20.8 Å². The predicted molar refractivity (Wildman–Crippen MR) is 106 cm³/mol. The average Bonchev–Trinajstić information content (AvgIpc) is 2.56. The molecular formula is C18H26Cl2N4O2. The second kappa shape index (κ2) is 9.55. The van der Waals surface area contributed by atoms with Crippen molar-refractivity contribution >= 4 is 40.7 Å². The molecule has 1 saturated heterocycles. The van der Waals surface area contributed by atoms with E-state index in [-0.39, 0.29) is 23.9 Å². The Bertz CT molecular complexity index is 646. The minimum absolute atomic E-state index is 0.0385. The van der Waals surface area contributed by atoms with Gasteiger partial charge in [-0.05, 0) is 39.0 Å². The fourth-order valence-electron chi connectivity index (χ4n) is 2.87. The van der Waals surface area contributed by atoms with Crippen LogP contribution in [0.25, 0.3) is 0 Å². The molecule has 1 aromatic carbocycles. The van der Waals surface area contributed by atoms with Gasteiger partial charge in [0.15, 0.2) is 0 Å². The molecule has 0 bridgehead atoms. The molecule has 0 aliphatic carbocycles. The number of hydrogen-bond donors (Lipinski definition) is 2. The van der Waals surface area contributed by atoms with Gasteiger partial charge in [-0.2, -0.15) is 0 Å². The lowest BCUT2D eigenvalue weighted by molar-refractivity contribution is -0.125. The molecule has 1 fully saturated rings. The largest absolute Gasteiger partial charge is 0.353 e. The summed E-state index contributed by atoms with van der Waals surface area (Å²) in [5.41, 5.74) is 0.553. The minimum atomic E-state index is -0.284. The van der Waals surface area contributed by atoms with E-state index in [0.29, 0.717) is 22.3 Å². The van der Waals surface area contributed by atoms with Gasteiger partial charge in [-0.15, -0.1) is 0 Å². The van der Waals surface area contributed by atoms with Crippen molar-refractivity contribution < 1.29 is 9.59 Å². The van der Waals surface area contributed by atoms with Crippen molar-refractivity contribution in [1.29, 1.82) is 0 Å². The predicted octanol–water partition coefficient (Wildman–Crippen LogP) is 2.46. The fourth-order valence-corrected chi connectivity index (χ4v) is 3.33. The summed E-state index contributed by atoms with van der Waals surface area (Å²) in [5, 5.41) is 6.69. The summed E-state index contributed by atoms with van der Waals surface area (Å²) >= 11 is 12.0. The quantitative estimate of drug-likeness (QED) is 0.769. The normalized spacial score (nSPS) is 17.2. The Hall–Kier alpha value is -1.34. The molecule has 0 spiro atoms. The maximum Gasteiger partial charge on any atom is 0.241 e. The van der Waals surface area contributed by atoms with Gasteiger partial charge in [0.25, 0.3) is 0 Å². The van der Waals surface area contributed by atoms with E-state index in [2.05, 4.69) is 20.4 Å². The number of amides is 2. The number of carbonyl (C=O) groups is 2. The third kappa shape index (κ3) is 6.13. The lowest BCUT2D eigenvalue weighted by Crippen LogP contribution is -2.54. The van der Waals surface area contributed by atoms with E-state index < -0.39 is 0 Å². The van der Waals surface area contributed by atoms with Gasteiger partial charge < -0.3 is 10.6 Å². The van der Waals surface area contributed by atoms with Crippen molar-refractivity contribution in [2.24, 2.45) is 0 Å². The third-order valence-electron chi connectivity index (χ3n) is 4.34. The van der Waals surface area contributed by atoms with Crippen LogP contribution < -0.4 is 10.6 Å². The molecule has 0 saturated carbocycles. The molecule has 2 amide bonds. The second-order valence-electron chi connectivity index (χ2n) is 6.82. The molecule has 1 atom stereocenters. The zero-order valence-electron chi connectivity index (χ0n) is 15.4. The average molecular weight is 401 g/mol. The summed E-state index contributed by atoms with van der Waals surface area (Å²) in [6.07, 6.45) is 0. The van der Waals surface area contributed by atoms with E-state index in [1.807, 2.05) is 20.8 Å². The SMILES string of the molecule is CC(C)NC(=O)CN1CCN([C@H](C)C(=O)Nc2ccc(Cl)cc2Cl)CC1. The highest BCUT2D eigenvalue weighted by atomic mass is 35.5. The Morgan fingerprint density at radius 2 is 1.77 bits per heavy atom. The molecule has 1 aromatic rings. The summed E-state index contributed by atoms with van der Waals surface area (Å²) in [6, 6.07) is 4.85. The number of carbonyl (C=O) groups excluding carboxylic acids is 2. The van der Waals surface area contributed by atoms with Crippen LogP contribution in [0.15, 0.2) is 18.2 Å². The Morgan fingerprint density at radius 1 is 1.12 bits per heavy atom. The molecular weight excluding hydrogens is 375 g/mol. The summed E-state index contributed by atoms with van der Waals surface area (Å²) in [6.45, 7) is 9.14. The minimum Gasteiger partial charge on any atom is -0.353 e. The van der Waals surface area contributed by atoms with Crippen molar-refractivity contribution in [3.05, 3.63) is 28.2 Å². The third-order valence-corrected chi connectivity index (χ3v) is 4.89. The first kappa shape index (κ1) is 21.0. The molecule has 2 N–H and O–H groups in total. The second-order valence-corrected chi connectivity index (χ2v) is 7.67. The zero-order valence-corrected chi connectivity index (χ0v) is 16.9. The summed E-state index contributed by atoms with van der Waals surface area (Å²) in [5.74, 6) is -0.0724. The number of benzene rings is 1. The number of hydrogen-bond acceptors (Lipinski definition) is 4. The Morgan fingerprint density at radius 3 is 2.35 bits per heavy atom. The van der Waals surface area contributed by atoms with Crippen LogP contribution >= 0.6 is 23.2 Å². The molecule has 0 unspecified atom stereocenters. The summed E-state index contributed by atoms with van der Waals surface area (Å²) in [4.78, 5) is 28.6. The molecule has 6 nitrogen and oxygen atoms in total. The van der Waals surface area contributed by atoms with E-state index in [4.69, 9.17) is 23.2 Å². The number of halogens is 2. The van der Waals surface area contributed by atoms with Crippen LogP contribution in [-0.4, -0.2) is 66.4 Å². The summed E-state index contributed by atoms with van der Waals surface area (Å²) in [7, 11) is 0. The Balaban J connectivity index is 1.82. The van der Waals surface area contributed by atoms with Crippen molar-refractivity contribution in [3.63, 3.8) is 0 Å². The van der Waals surface area contributed by atoms with Gasteiger partial charge in [0.2, 0.25) is 11.8 Å². The maximum atomic E-state index is 12.5. The van der Waals surface area contributed by atoms with Gasteiger partial charge >= 0.3 is 0 Å². The highest BCUT2D eigenvalue weighted by Crippen LogP contribution is 2.25. The fraction of sp³-hybridized carbons (Fsp3) is 0.556. The van der Waals surface area contributed by atoms with E-state index in [0.717, 1.165) is 26.2 Å². The Kier molecular flexibility index (Phi) is 7.70. The number of nitrogens with zero attached hydrogens (tertiary/aromatic N) is 2. The molecule has 0 aromatic heterocycles. The molecule has 1 aliphatic rings. The monoisotopic (exact) mass is 400 g/mol. The van der Waals surface area contributed by atoms with Gasteiger partial charge in [0, 0.05) is 37.2 Å². The first-order valence-corrected chi connectivity index (χ1v) is 9.53. The highest BCUT2D eigenvalue weighted by Gasteiger charge is 2.26. The number of anilines is 1. The first-order valence-electron chi connectivity index (χ1n) is 8.78. The van der Waals surface area contributed by atoms with Crippen molar-refractivity contribution in [2.45, 2.75) is 32.9 Å². The highest BCUT2D eigenvalue weighted by molar-refractivity contribution is 6.36. The molecule has 8 heteroatoms. The molecule has 0 radical (unpaired) electrons. The number of rotatable bonds is 6. The van der Waals surface area contributed by atoms with Gasteiger partial charge in [-0.25, -0.2) is 0 Å². The van der Waals surface area contributed by atoms with Crippen LogP contribution in [-0.2, 0) is 9.59 Å². The molecule has 1 heterocycles. The Labute approximate surface area is 164 Å². The van der Waals surface area contributed by atoms with Crippen molar-refractivity contribution in [2.75, 3.05) is 38.0 Å². The molecule has 26 heavy (non-hydrogen) atoms. The van der Waals surface area contributed by atoms with E-state index in [1.165, 1.54) is 0 Å². The van der Waals surface area contributed by atoms with E-state index >= 15 is 0 Å². The maximum absolute atomic E-state index is 12.5. The lowest BCUT2D eigenvalue weighted by atomic mass is 10.2. The van der Waals surface area contributed by atoms with Gasteiger partial charge in [0.05, 0.1) is 23.3 Å². The van der Waals surface area contributed by atoms with Gasteiger partial charge in [0.1, 0.15) is 0 Å². The van der Waals surface area contributed by atoms with Crippen LogP contribution in [0.2, 0.25) is 10.0 Å². The van der Waals surface area contributed by atoms with Crippen LogP contribution in [0.3, 0.4) is 0 Å². The smallest absolute Gasteiger partial charge is 0.241 e. The van der Waals surface area contributed by atoms with Crippen LogP contribution in [0, 0.1) is 0 Å². The molecule has 2 rings (SSSR count). The molecule has 144 valence electrons. The summed E-state index contributed by atoms with van der Waals surface area (Å²) < 4.78 is 0. The van der Waals surface area contributed by atoms with E-state index in [9.17, 15) is 9.59 Å². The number of piperazine rings is 1. The van der Waals surface area contributed by atoms with Crippen molar-refractivity contribution in [1.82, 2.24) is 15.1 Å². The standard InChI is InChI=1S/C18H26Cl2N4O2/c1-12(2)21-17(25)11-23-6-8-24(9-7-23)13(3)18(26)22-16-5-4-14(19)10-15(16)20/h4-5,10,12-13H,6-9,11H2,1-3H3,(H,21,25)(H,22,26)/t13-/m1/s1. The first-order chi connectivity index (χ1) is 12.3. The van der Waals surface area contributed by atoms with E-state index in [1.54, 1.807) is 18.2 Å². The zero-order chi connectivity index (χ0) is 19.3. The topological polar surface area (TPSA) is 64.7 Å².